The maximum Gasteiger partial charge on any atom is 0.258 e. The second-order valence-electron chi connectivity index (χ2n) is 5.87. The Bertz CT molecular complexity index is 936. The van der Waals surface area contributed by atoms with Crippen LogP contribution in [0.2, 0.25) is 0 Å². The molecule has 2 heterocycles. The van der Waals surface area contributed by atoms with Gasteiger partial charge in [0.2, 0.25) is 0 Å². The molecular formula is C19H18BrN3O2S. The highest BCUT2D eigenvalue weighted by molar-refractivity contribution is 9.10. The number of amides is 1. The van der Waals surface area contributed by atoms with E-state index in [2.05, 4.69) is 31.4 Å². The average molecular weight is 432 g/mol. The number of rotatable bonds is 5. The van der Waals surface area contributed by atoms with E-state index in [1.807, 2.05) is 39.0 Å². The van der Waals surface area contributed by atoms with Gasteiger partial charge in [-0.05, 0) is 56.7 Å². The van der Waals surface area contributed by atoms with E-state index in [0.717, 1.165) is 32.7 Å². The molecule has 0 aliphatic carbocycles. The van der Waals surface area contributed by atoms with Gasteiger partial charge in [0.15, 0.2) is 0 Å². The number of carbonyl (C=O) groups is 1. The van der Waals surface area contributed by atoms with Crippen molar-refractivity contribution in [3.63, 3.8) is 0 Å². The summed E-state index contributed by atoms with van der Waals surface area (Å²) in [5, 5.41) is 7.58. The van der Waals surface area contributed by atoms with Crippen molar-refractivity contribution in [2.45, 2.75) is 31.6 Å². The van der Waals surface area contributed by atoms with Crippen LogP contribution in [0.4, 0.5) is 5.69 Å². The molecule has 26 heavy (non-hydrogen) atoms. The summed E-state index contributed by atoms with van der Waals surface area (Å²) in [6.07, 6.45) is 1.69. The fraction of sp³-hybridized carbons (Fsp3) is 0.211. The molecule has 0 atom stereocenters. The number of aromatic nitrogens is 2. The zero-order valence-corrected chi connectivity index (χ0v) is 17.1. The molecule has 1 N–H and O–H groups in total. The van der Waals surface area contributed by atoms with Crippen LogP contribution in [0, 0.1) is 20.8 Å². The molecule has 3 aromatic rings. The molecular weight excluding hydrogens is 414 g/mol. The van der Waals surface area contributed by atoms with Gasteiger partial charge in [-0.15, -0.1) is 11.8 Å². The van der Waals surface area contributed by atoms with Crippen molar-refractivity contribution in [1.82, 2.24) is 10.1 Å². The fourth-order valence-corrected chi connectivity index (χ4v) is 3.84. The summed E-state index contributed by atoms with van der Waals surface area (Å²) in [6, 6.07) is 9.25. The summed E-state index contributed by atoms with van der Waals surface area (Å²) in [5.41, 5.74) is 4.26. The van der Waals surface area contributed by atoms with Crippen molar-refractivity contribution in [3.8, 4) is 0 Å². The lowest BCUT2D eigenvalue weighted by atomic mass is 10.2. The highest BCUT2D eigenvalue weighted by Gasteiger charge is 2.16. The second-order valence-corrected chi connectivity index (χ2v) is 7.68. The van der Waals surface area contributed by atoms with Crippen molar-refractivity contribution in [2.24, 2.45) is 0 Å². The summed E-state index contributed by atoms with van der Waals surface area (Å²) < 4.78 is 6.20. The number of carbonyl (C=O) groups excluding carboxylic acids is 1. The molecule has 5 nitrogen and oxygen atoms in total. The molecule has 0 aliphatic heterocycles. The smallest absolute Gasteiger partial charge is 0.258 e. The van der Waals surface area contributed by atoms with Gasteiger partial charge in [-0.1, -0.05) is 21.1 Å². The predicted octanol–water partition coefficient (Wildman–Crippen LogP) is 5.30. The van der Waals surface area contributed by atoms with Crippen molar-refractivity contribution in [1.29, 1.82) is 0 Å². The molecule has 2 aromatic heterocycles. The van der Waals surface area contributed by atoms with Crippen molar-refractivity contribution < 1.29 is 9.32 Å². The third-order valence-electron chi connectivity index (χ3n) is 3.97. The molecule has 0 radical (unpaired) electrons. The van der Waals surface area contributed by atoms with Crippen LogP contribution in [-0.4, -0.2) is 16.0 Å². The summed E-state index contributed by atoms with van der Waals surface area (Å²) in [5.74, 6) is 1.26. The minimum absolute atomic E-state index is 0.180. The lowest BCUT2D eigenvalue weighted by Crippen LogP contribution is -2.13. The van der Waals surface area contributed by atoms with Crippen LogP contribution in [0.3, 0.4) is 0 Å². The van der Waals surface area contributed by atoms with Gasteiger partial charge in [-0.25, -0.2) is 4.98 Å². The molecule has 1 amide bonds. The Morgan fingerprint density at radius 2 is 2.08 bits per heavy atom. The molecule has 134 valence electrons. The van der Waals surface area contributed by atoms with Gasteiger partial charge in [0.05, 0.1) is 11.3 Å². The van der Waals surface area contributed by atoms with E-state index < -0.39 is 0 Å². The van der Waals surface area contributed by atoms with E-state index in [0.29, 0.717) is 16.3 Å². The van der Waals surface area contributed by atoms with Crippen LogP contribution in [0.25, 0.3) is 0 Å². The Morgan fingerprint density at radius 1 is 1.27 bits per heavy atom. The zero-order valence-electron chi connectivity index (χ0n) is 14.7. The maximum atomic E-state index is 12.7. The van der Waals surface area contributed by atoms with Crippen LogP contribution < -0.4 is 5.32 Å². The van der Waals surface area contributed by atoms with Gasteiger partial charge in [-0.3, -0.25) is 4.79 Å². The lowest BCUT2D eigenvalue weighted by molar-refractivity contribution is 0.102. The van der Waals surface area contributed by atoms with Gasteiger partial charge in [0.1, 0.15) is 10.8 Å². The third-order valence-corrected chi connectivity index (χ3v) is 5.89. The molecule has 0 unspecified atom stereocenters. The van der Waals surface area contributed by atoms with Gasteiger partial charge in [0, 0.05) is 27.7 Å². The second kappa shape index (κ2) is 8.05. The molecule has 0 spiro atoms. The first kappa shape index (κ1) is 18.7. The number of nitrogens with zero attached hydrogens (tertiary/aromatic N) is 2. The van der Waals surface area contributed by atoms with Gasteiger partial charge in [-0.2, -0.15) is 0 Å². The van der Waals surface area contributed by atoms with E-state index in [1.54, 1.807) is 18.3 Å². The first-order valence-corrected chi connectivity index (χ1v) is 9.80. The topological polar surface area (TPSA) is 68.0 Å². The number of nitrogens with one attached hydrogen (secondary N) is 1. The Hall–Kier alpha value is -2.12. The molecule has 0 saturated carbocycles. The number of pyridine rings is 1. The van der Waals surface area contributed by atoms with E-state index in [-0.39, 0.29) is 5.91 Å². The van der Waals surface area contributed by atoms with Gasteiger partial charge >= 0.3 is 0 Å². The summed E-state index contributed by atoms with van der Waals surface area (Å²) >= 11 is 4.96. The standard InChI is InChI=1S/C19H18BrN3O2S/c1-11-9-14(6-7-17(11)20)22-18(24)15-5-4-8-21-19(15)26-10-16-12(2)23-25-13(16)3/h4-9H,10H2,1-3H3,(H,22,24). The molecule has 0 aliphatic rings. The minimum Gasteiger partial charge on any atom is -0.361 e. The number of aryl methyl sites for hydroxylation is 3. The van der Waals surface area contributed by atoms with E-state index in [4.69, 9.17) is 4.52 Å². The highest BCUT2D eigenvalue weighted by Crippen LogP contribution is 2.28. The molecule has 0 bridgehead atoms. The summed E-state index contributed by atoms with van der Waals surface area (Å²) in [4.78, 5) is 17.1. The fourth-order valence-electron chi connectivity index (χ4n) is 2.45. The first-order valence-electron chi connectivity index (χ1n) is 8.02. The Morgan fingerprint density at radius 3 is 2.77 bits per heavy atom. The quantitative estimate of drug-likeness (QED) is 0.554. The minimum atomic E-state index is -0.180. The van der Waals surface area contributed by atoms with Gasteiger partial charge in [0.25, 0.3) is 5.91 Å². The van der Waals surface area contributed by atoms with Crippen molar-refractivity contribution in [2.75, 3.05) is 5.32 Å². The van der Waals surface area contributed by atoms with Crippen LogP contribution in [0.15, 0.2) is 50.6 Å². The van der Waals surface area contributed by atoms with E-state index in [1.165, 1.54) is 11.8 Å². The Kier molecular flexibility index (Phi) is 5.78. The number of halogens is 1. The summed E-state index contributed by atoms with van der Waals surface area (Å²) in [7, 11) is 0. The molecule has 0 saturated heterocycles. The third kappa shape index (κ3) is 4.16. The largest absolute Gasteiger partial charge is 0.361 e. The molecule has 0 fully saturated rings. The lowest BCUT2D eigenvalue weighted by Gasteiger charge is -2.10. The van der Waals surface area contributed by atoms with Crippen molar-refractivity contribution in [3.05, 3.63) is 69.1 Å². The van der Waals surface area contributed by atoms with Crippen LogP contribution in [0.5, 0.6) is 0 Å². The number of thioether (sulfide) groups is 1. The number of benzene rings is 1. The molecule has 3 rings (SSSR count). The maximum absolute atomic E-state index is 12.7. The van der Waals surface area contributed by atoms with Crippen LogP contribution >= 0.6 is 27.7 Å². The number of hydrogen-bond acceptors (Lipinski definition) is 5. The van der Waals surface area contributed by atoms with Crippen molar-refractivity contribution >= 4 is 39.3 Å². The highest BCUT2D eigenvalue weighted by atomic mass is 79.9. The van der Waals surface area contributed by atoms with Crippen LogP contribution in [-0.2, 0) is 5.75 Å². The number of hydrogen-bond donors (Lipinski definition) is 1. The normalized spacial score (nSPS) is 10.8. The zero-order chi connectivity index (χ0) is 18.7. The van der Waals surface area contributed by atoms with E-state index in [9.17, 15) is 4.79 Å². The first-order chi connectivity index (χ1) is 12.5. The van der Waals surface area contributed by atoms with Crippen LogP contribution in [0.1, 0.15) is 32.9 Å². The predicted molar refractivity (Wildman–Crippen MR) is 107 cm³/mol. The summed E-state index contributed by atoms with van der Waals surface area (Å²) in [6.45, 7) is 5.78. The molecule has 7 heteroatoms. The Labute approximate surface area is 164 Å². The SMILES string of the molecule is Cc1cc(NC(=O)c2cccnc2SCc2c(C)noc2C)ccc1Br. The Balaban J connectivity index is 1.77. The number of anilines is 1. The van der Waals surface area contributed by atoms with Gasteiger partial charge < -0.3 is 9.84 Å². The average Bonchev–Trinajstić information content (AvgIpc) is 2.94. The monoisotopic (exact) mass is 431 g/mol. The van der Waals surface area contributed by atoms with E-state index >= 15 is 0 Å². The molecule has 1 aromatic carbocycles.